The number of carbonyl (C=O) groups is 1. The van der Waals surface area contributed by atoms with Crippen LogP contribution in [0.2, 0.25) is 0 Å². The van der Waals surface area contributed by atoms with Gasteiger partial charge in [0.05, 0.1) is 18.4 Å². The monoisotopic (exact) mass is 573 g/mol. The summed E-state index contributed by atoms with van der Waals surface area (Å²) in [6.07, 6.45) is 4.71. The van der Waals surface area contributed by atoms with Crippen LogP contribution < -0.4 is 15.4 Å². The van der Waals surface area contributed by atoms with Gasteiger partial charge in [-0.25, -0.2) is 13.1 Å². The van der Waals surface area contributed by atoms with Gasteiger partial charge >= 0.3 is 0 Å². The SMILES string of the molecule is CCNC(=NCCS(=O)(=O)NCC1CCCCO1)NC1CCN(C(=O)C(C)C)CC1.I. The lowest BCUT2D eigenvalue weighted by atomic mass is 10.0. The second kappa shape index (κ2) is 14.5. The average molecular weight is 574 g/mol. The van der Waals surface area contributed by atoms with Gasteiger partial charge in [0.1, 0.15) is 0 Å². The maximum Gasteiger partial charge on any atom is 0.225 e. The van der Waals surface area contributed by atoms with Crippen LogP contribution in [0.4, 0.5) is 0 Å². The molecule has 0 aromatic carbocycles. The molecule has 1 amide bonds. The molecule has 182 valence electrons. The topological polar surface area (TPSA) is 112 Å². The van der Waals surface area contributed by atoms with Crippen LogP contribution in [0.3, 0.4) is 0 Å². The van der Waals surface area contributed by atoms with Gasteiger partial charge in [-0.05, 0) is 39.0 Å². The van der Waals surface area contributed by atoms with Crippen molar-refractivity contribution in [3.05, 3.63) is 0 Å². The van der Waals surface area contributed by atoms with Crippen molar-refractivity contribution in [2.75, 3.05) is 45.1 Å². The maximum atomic E-state index is 12.2. The molecule has 2 fully saturated rings. The lowest BCUT2D eigenvalue weighted by Gasteiger charge is -2.34. The number of halogens is 1. The Bertz CT molecular complexity index is 660. The van der Waals surface area contributed by atoms with Gasteiger partial charge in [0.2, 0.25) is 15.9 Å². The van der Waals surface area contributed by atoms with Crippen LogP contribution in [-0.2, 0) is 19.6 Å². The Morgan fingerprint density at radius 3 is 2.48 bits per heavy atom. The van der Waals surface area contributed by atoms with Gasteiger partial charge in [-0.1, -0.05) is 13.8 Å². The summed E-state index contributed by atoms with van der Waals surface area (Å²) in [6, 6.07) is 0.220. The molecule has 2 heterocycles. The van der Waals surface area contributed by atoms with Gasteiger partial charge in [0.15, 0.2) is 5.96 Å². The highest BCUT2D eigenvalue weighted by Gasteiger charge is 2.24. The molecule has 0 saturated carbocycles. The molecule has 11 heteroatoms. The number of piperidine rings is 1. The lowest BCUT2D eigenvalue weighted by Crippen LogP contribution is -2.50. The average Bonchev–Trinajstić information content (AvgIpc) is 2.73. The Morgan fingerprint density at radius 2 is 1.90 bits per heavy atom. The second-order valence-corrected chi connectivity index (χ2v) is 10.2. The molecule has 0 spiro atoms. The standard InChI is InChI=1S/C20H39N5O4S.HI/c1-4-21-20(24-17-8-11-25(12-9-17)19(26)16(2)3)22-10-14-30(27,28)23-15-18-7-5-6-13-29-18;/h16-18,23H,4-15H2,1-3H3,(H2,21,22,24);1H. The summed E-state index contributed by atoms with van der Waals surface area (Å²) in [5.74, 6) is 0.786. The Balaban J connectivity index is 0.00000480. The summed E-state index contributed by atoms with van der Waals surface area (Å²) < 4.78 is 32.7. The third-order valence-electron chi connectivity index (χ3n) is 5.42. The number of rotatable bonds is 9. The number of carbonyl (C=O) groups excluding carboxylic acids is 1. The molecule has 1 atom stereocenters. The third-order valence-corrected chi connectivity index (χ3v) is 6.75. The van der Waals surface area contributed by atoms with Crippen molar-refractivity contribution < 1.29 is 17.9 Å². The minimum absolute atomic E-state index is 0. The minimum Gasteiger partial charge on any atom is -0.377 e. The van der Waals surface area contributed by atoms with E-state index >= 15 is 0 Å². The summed E-state index contributed by atoms with van der Waals surface area (Å²) in [7, 11) is -3.39. The first-order valence-corrected chi connectivity index (χ1v) is 12.9. The zero-order valence-corrected chi connectivity index (χ0v) is 22.2. The molecule has 0 aliphatic carbocycles. The first-order valence-electron chi connectivity index (χ1n) is 11.2. The van der Waals surface area contributed by atoms with E-state index in [1.165, 1.54) is 0 Å². The van der Waals surface area contributed by atoms with Crippen LogP contribution in [0.15, 0.2) is 4.99 Å². The van der Waals surface area contributed by atoms with Gasteiger partial charge in [-0.2, -0.15) is 0 Å². The van der Waals surface area contributed by atoms with E-state index in [0.717, 1.165) is 45.2 Å². The lowest BCUT2D eigenvalue weighted by molar-refractivity contribution is -0.135. The molecule has 2 rings (SSSR count). The van der Waals surface area contributed by atoms with Crippen molar-refractivity contribution in [3.63, 3.8) is 0 Å². The number of aliphatic imine (C=N–C) groups is 1. The molecule has 1 unspecified atom stereocenters. The van der Waals surface area contributed by atoms with Crippen molar-refractivity contribution in [2.24, 2.45) is 10.9 Å². The van der Waals surface area contributed by atoms with E-state index in [9.17, 15) is 13.2 Å². The van der Waals surface area contributed by atoms with Crippen LogP contribution in [-0.4, -0.2) is 82.4 Å². The third kappa shape index (κ3) is 10.7. The Hall–Kier alpha value is -0.660. The van der Waals surface area contributed by atoms with E-state index in [1.54, 1.807) is 0 Å². The van der Waals surface area contributed by atoms with Gasteiger partial charge in [-0.3, -0.25) is 9.79 Å². The number of nitrogens with zero attached hydrogens (tertiary/aromatic N) is 2. The van der Waals surface area contributed by atoms with Crippen molar-refractivity contribution in [1.82, 2.24) is 20.3 Å². The van der Waals surface area contributed by atoms with E-state index in [0.29, 0.717) is 25.7 Å². The van der Waals surface area contributed by atoms with Crippen LogP contribution in [0.25, 0.3) is 0 Å². The molecule has 0 aromatic heterocycles. The number of hydrogen-bond acceptors (Lipinski definition) is 5. The van der Waals surface area contributed by atoms with E-state index in [-0.39, 0.29) is 60.2 Å². The normalized spacial score (nSPS) is 21.0. The summed E-state index contributed by atoms with van der Waals surface area (Å²) >= 11 is 0. The van der Waals surface area contributed by atoms with Crippen LogP contribution in [0.1, 0.15) is 52.9 Å². The smallest absolute Gasteiger partial charge is 0.225 e. The molecule has 0 radical (unpaired) electrons. The van der Waals surface area contributed by atoms with E-state index in [2.05, 4.69) is 20.3 Å². The summed E-state index contributed by atoms with van der Waals surface area (Å²) in [5.41, 5.74) is 0. The van der Waals surface area contributed by atoms with E-state index in [4.69, 9.17) is 4.74 Å². The predicted molar refractivity (Wildman–Crippen MR) is 134 cm³/mol. The van der Waals surface area contributed by atoms with E-state index < -0.39 is 10.0 Å². The fraction of sp³-hybridized carbons (Fsp3) is 0.900. The number of likely N-dealkylation sites (tertiary alicyclic amines) is 1. The molecular formula is C20H40IN5O4S. The number of guanidine groups is 1. The molecule has 2 aliphatic heterocycles. The van der Waals surface area contributed by atoms with Crippen LogP contribution in [0, 0.1) is 5.92 Å². The van der Waals surface area contributed by atoms with Gasteiger partial charge in [0.25, 0.3) is 0 Å². The Kier molecular flexibility index (Phi) is 13.3. The second-order valence-electron chi connectivity index (χ2n) is 8.32. The Morgan fingerprint density at radius 1 is 1.19 bits per heavy atom. The quantitative estimate of drug-likeness (QED) is 0.218. The zero-order chi connectivity index (χ0) is 22.0. The van der Waals surface area contributed by atoms with Crippen molar-refractivity contribution >= 4 is 45.9 Å². The molecule has 0 bridgehead atoms. The first kappa shape index (κ1) is 28.4. The largest absolute Gasteiger partial charge is 0.377 e. The number of sulfonamides is 1. The zero-order valence-electron chi connectivity index (χ0n) is 19.1. The summed E-state index contributed by atoms with van der Waals surface area (Å²) in [4.78, 5) is 18.5. The summed E-state index contributed by atoms with van der Waals surface area (Å²) in [5, 5.41) is 6.56. The summed E-state index contributed by atoms with van der Waals surface area (Å²) in [6.45, 7) is 9.20. The number of hydrogen-bond donors (Lipinski definition) is 3. The number of amides is 1. The molecule has 2 saturated heterocycles. The first-order chi connectivity index (χ1) is 14.3. The molecule has 0 aromatic rings. The highest BCUT2D eigenvalue weighted by Crippen LogP contribution is 2.13. The van der Waals surface area contributed by atoms with Gasteiger partial charge < -0.3 is 20.3 Å². The fourth-order valence-electron chi connectivity index (χ4n) is 3.66. The molecular weight excluding hydrogens is 533 g/mol. The fourth-order valence-corrected chi connectivity index (χ4v) is 4.58. The molecule has 3 N–H and O–H groups in total. The highest BCUT2D eigenvalue weighted by molar-refractivity contribution is 14.0. The maximum absolute atomic E-state index is 12.2. The van der Waals surface area contributed by atoms with Crippen LogP contribution >= 0.6 is 24.0 Å². The predicted octanol–water partition coefficient (Wildman–Crippen LogP) is 1.30. The van der Waals surface area contributed by atoms with Crippen molar-refractivity contribution in [1.29, 1.82) is 0 Å². The van der Waals surface area contributed by atoms with Crippen molar-refractivity contribution in [2.45, 2.75) is 65.0 Å². The highest BCUT2D eigenvalue weighted by atomic mass is 127. The Labute approximate surface area is 204 Å². The van der Waals surface area contributed by atoms with E-state index in [1.807, 2.05) is 25.7 Å². The number of nitrogens with one attached hydrogen (secondary N) is 3. The van der Waals surface area contributed by atoms with Gasteiger partial charge in [-0.15, -0.1) is 24.0 Å². The minimum atomic E-state index is -3.39. The molecule has 2 aliphatic rings. The van der Waals surface area contributed by atoms with Crippen LogP contribution in [0.5, 0.6) is 0 Å². The molecule has 31 heavy (non-hydrogen) atoms. The van der Waals surface area contributed by atoms with Crippen molar-refractivity contribution in [3.8, 4) is 0 Å². The number of ether oxygens (including phenoxy) is 1. The molecule has 9 nitrogen and oxygen atoms in total. The van der Waals surface area contributed by atoms with Gasteiger partial charge in [0, 0.05) is 44.7 Å².